The van der Waals surface area contributed by atoms with Crippen molar-refractivity contribution in [1.82, 2.24) is 10.2 Å². The van der Waals surface area contributed by atoms with Gasteiger partial charge in [0.25, 0.3) is 10.0 Å². The van der Waals surface area contributed by atoms with Crippen molar-refractivity contribution in [1.29, 1.82) is 0 Å². The third-order valence-electron chi connectivity index (χ3n) is 2.68. The van der Waals surface area contributed by atoms with E-state index in [4.69, 9.17) is 5.11 Å². The van der Waals surface area contributed by atoms with Gasteiger partial charge in [-0.15, -0.1) is 11.3 Å². The molecule has 2 heterocycles. The number of H-pyrrole nitrogens is 1. The van der Waals surface area contributed by atoms with Crippen LogP contribution in [0.3, 0.4) is 0 Å². The van der Waals surface area contributed by atoms with Crippen molar-refractivity contribution in [2.75, 3.05) is 4.72 Å². The van der Waals surface area contributed by atoms with Crippen LogP contribution in [-0.2, 0) is 10.0 Å². The normalized spacial score (nSPS) is 11.6. The molecule has 0 spiro atoms. The maximum absolute atomic E-state index is 12.3. The summed E-state index contributed by atoms with van der Waals surface area (Å²) in [6, 6.07) is 1.50. The highest BCUT2D eigenvalue weighted by atomic mass is 32.2. The molecule has 9 heteroatoms. The summed E-state index contributed by atoms with van der Waals surface area (Å²) in [5, 5.41) is 15.7. The van der Waals surface area contributed by atoms with Gasteiger partial charge in [0.2, 0.25) is 0 Å². The Kier molecular flexibility index (Phi) is 3.57. The van der Waals surface area contributed by atoms with Crippen LogP contribution >= 0.6 is 11.3 Å². The van der Waals surface area contributed by atoms with E-state index < -0.39 is 16.0 Å². The van der Waals surface area contributed by atoms with E-state index in [1.54, 1.807) is 20.8 Å². The van der Waals surface area contributed by atoms with Crippen LogP contribution in [0.15, 0.2) is 11.0 Å². The largest absolute Gasteiger partial charge is 0.477 e. The fourth-order valence-electron chi connectivity index (χ4n) is 1.86. The van der Waals surface area contributed by atoms with Gasteiger partial charge in [-0.1, -0.05) is 0 Å². The maximum Gasteiger partial charge on any atom is 0.346 e. The lowest BCUT2D eigenvalue weighted by Crippen LogP contribution is -2.13. The Morgan fingerprint density at radius 3 is 2.50 bits per heavy atom. The molecule has 0 bridgehead atoms. The molecule has 0 aliphatic rings. The molecule has 2 rings (SSSR count). The van der Waals surface area contributed by atoms with Crippen LogP contribution in [-0.4, -0.2) is 29.7 Å². The first-order valence-electron chi connectivity index (χ1n) is 5.60. The average molecular weight is 315 g/mol. The zero-order chi connectivity index (χ0) is 15.1. The van der Waals surface area contributed by atoms with E-state index in [-0.39, 0.29) is 14.8 Å². The number of hydrogen-bond acceptors (Lipinski definition) is 5. The van der Waals surface area contributed by atoms with Crippen molar-refractivity contribution in [2.24, 2.45) is 0 Å². The molecule has 0 saturated heterocycles. The number of nitrogens with zero attached hydrogens (tertiary/aromatic N) is 1. The minimum Gasteiger partial charge on any atom is -0.477 e. The summed E-state index contributed by atoms with van der Waals surface area (Å²) >= 11 is 0.883. The average Bonchev–Trinajstić information content (AvgIpc) is 2.82. The summed E-state index contributed by atoms with van der Waals surface area (Å²) in [4.78, 5) is 11.2. The number of sulfonamides is 1. The number of aryl methyl sites for hydroxylation is 3. The third-order valence-corrected chi connectivity index (χ3v) is 5.57. The quantitative estimate of drug-likeness (QED) is 0.797. The van der Waals surface area contributed by atoms with Gasteiger partial charge >= 0.3 is 5.97 Å². The summed E-state index contributed by atoms with van der Waals surface area (Å²) in [5.74, 6) is -1.08. The number of rotatable bonds is 4. The van der Waals surface area contributed by atoms with Gasteiger partial charge in [0.05, 0.1) is 11.4 Å². The van der Waals surface area contributed by atoms with E-state index in [1.807, 2.05) is 0 Å². The lowest BCUT2D eigenvalue weighted by molar-refractivity contribution is 0.0701. The van der Waals surface area contributed by atoms with Gasteiger partial charge in [0.1, 0.15) is 14.8 Å². The van der Waals surface area contributed by atoms with Crippen LogP contribution in [0.5, 0.6) is 0 Å². The molecule has 0 fully saturated rings. The second-order valence-electron chi connectivity index (χ2n) is 4.30. The number of aromatic nitrogens is 2. The summed E-state index contributed by atoms with van der Waals surface area (Å²) in [6.07, 6.45) is 0. The molecule has 0 atom stereocenters. The number of aromatic carboxylic acids is 1. The van der Waals surface area contributed by atoms with Crippen LogP contribution in [0.25, 0.3) is 0 Å². The number of hydrogen-bond donors (Lipinski definition) is 3. The predicted molar refractivity (Wildman–Crippen MR) is 74.9 cm³/mol. The van der Waals surface area contributed by atoms with E-state index in [1.165, 1.54) is 6.07 Å². The second kappa shape index (κ2) is 4.91. The van der Waals surface area contributed by atoms with Crippen LogP contribution < -0.4 is 4.72 Å². The highest BCUT2D eigenvalue weighted by Crippen LogP contribution is 2.29. The first kappa shape index (κ1) is 14.5. The third kappa shape index (κ3) is 2.54. The molecular formula is C11H13N3O4S2. The minimum absolute atomic E-state index is 0.0837. The zero-order valence-electron chi connectivity index (χ0n) is 11.0. The number of carboxylic acids is 1. The minimum atomic E-state index is -3.79. The van der Waals surface area contributed by atoms with Crippen molar-refractivity contribution in [2.45, 2.75) is 25.7 Å². The molecule has 2 aromatic heterocycles. The predicted octanol–water partition coefficient (Wildman–Crippen LogP) is 1.90. The van der Waals surface area contributed by atoms with Gasteiger partial charge in [-0.3, -0.25) is 9.82 Å². The van der Waals surface area contributed by atoms with Gasteiger partial charge in [0.15, 0.2) is 0 Å². The Morgan fingerprint density at radius 2 is 2.05 bits per heavy atom. The monoisotopic (exact) mass is 315 g/mol. The Balaban J connectivity index is 2.39. The van der Waals surface area contributed by atoms with Gasteiger partial charge < -0.3 is 5.11 Å². The number of aromatic amines is 1. The van der Waals surface area contributed by atoms with Crippen molar-refractivity contribution >= 4 is 32.3 Å². The summed E-state index contributed by atoms with van der Waals surface area (Å²) < 4.78 is 27.0. The van der Waals surface area contributed by atoms with Crippen LogP contribution in [0, 0.1) is 20.8 Å². The number of thiophene rings is 1. The van der Waals surface area contributed by atoms with Gasteiger partial charge in [-0.25, -0.2) is 13.2 Å². The van der Waals surface area contributed by atoms with E-state index in [9.17, 15) is 13.2 Å². The molecule has 20 heavy (non-hydrogen) atoms. The lowest BCUT2D eigenvalue weighted by Gasteiger charge is -2.05. The Hall–Kier alpha value is -1.87. The Bertz CT molecular complexity index is 754. The zero-order valence-corrected chi connectivity index (χ0v) is 12.6. The molecule has 0 radical (unpaired) electrons. The molecule has 3 N–H and O–H groups in total. The highest BCUT2D eigenvalue weighted by molar-refractivity contribution is 7.93. The molecule has 0 unspecified atom stereocenters. The summed E-state index contributed by atoms with van der Waals surface area (Å²) in [7, 11) is -3.79. The van der Waals surface area contributed by atoms with Crippen LogP contribution in [0.1, 0.15) is 26.6 Å². The Morgan fingerprint density at radius 1 is 1.40 bits per heavy atom. The van der Waals surface area contributed by atoms with Gasteiger partial charge in [-0.05, 0) is 32.4 Å². The molecule has 7 nitrogen and oxygen atoms in total. The van der Waals surface area contributed by atoms with Gasteiger partial charge in [0, 0.05) is 0 Å². The van der Waals surface area contributed by atoms with Gasteiger partial charge in [-0.2, -0.15) is 5.10 Å². The number of nitrogens with one attached hydrogen (secondary N) is 2. The number of carboxylic acid groups (broad SMARTS) is 1. The summed E-state index contributed by atoms with van der Waals surface area (Å²) in [5.41, 5.74) is 1.31. The molecule has 108 valence electrons. The number of anilines is 1. The second-order valence-corrected chi connectivity index (χ2v) is 6.97. The fourth-order valence-corrected chi connectivity index (χ4v) is 4.43. The van der Waals surface area contributed by atoms with E-state index in [0.29, 0.717) is 17.0 Å². The summed E-state index contributed by atoms with van der Waals surface area (Å²) in [6.45, 7) is 4.81. The molecule has 0 aromatic carbocycles. The molecule has 0 aliphatic heterocycles. The highest BCUT2D eigenvalue weighted by Gasteiger charge is 2.24. The van der Waals surface area contributed by atoms with Crippen molar-refractivity contribution < 1.29 is 18.3 Å². The van der Waals surface area contributed by atoms with Crippen LogP contribution in [0.2, 0.25) is 0 Å². The van der Waals surface area contributed by atoms with Crippen molar-refractivity contribution in [3.05, 3.63) is 27.9 Å². The standard InChI is InChI=1S/C11H13N3O4S2/c1-5-4-8(19-9(5)11(15)16)14-20(17,18)10-6(2)12-13-7(10)3/h4,14H,1-3H3,(H,12,13)(H,15,16). The molecule has 0 aliphatic carbocycles. The van der Waals surface area contributed by atoms with Crippen LogP contribution in [0.4, 0.5) is 5.00 Å². The smallest absolute Gasteiger partial charge is 0.346 e. The first-order valence-corrected chi connectivity index (χ1v) is 7.90. The van der Waals surface area contributed by atoms with E-state index >= 15 is 0 Å². The number of carbonyl (C=O) groups is 1. The maximum atomic E-state index is 12.3. The lowest BCUT2D eigenvalue weighted by atomic mass is 10.3. The van der Waals surface area contributed by atoms with E-state index in [0.717, 1.165) is 11.3 Å². The SMILES string of the molecule is Cc1cc(NS(=O)(=O)c2c(C)n[nH]c2C)sc1C(=O)O. The van der Waals surface area contributed by atoms with Crippen molar-refractivity contribution in [3.63, 3.8) is 0 Å². The molecule has 2 aromatic rings. The first-order chi connectivity index (χ1) is 9.22. The molecule has 0 amide bonds. The van der Waals surface area contributed by atoms with Crippen molar-refractivity contribution in [3.8, 4) is 0 Å². The molecule has 0 saturated carbocycles. The fraction of sp³-hybridized carbons (Fsp3) is 0.273. The topological polar surface area (TPSA) is 112 Å². The Labute approximate surface area is 119 Å². The molecular weight excluding hydrogens is 302 g/mol. The van der Waals surface area contributed by atoms with E-state index in [2.05, 4.69) is 14.9 Å².